The van der Waals surface area contributed by atoms with Gasteiger partial charge in [0.2, 0.25) is 5.91 Å². The summed E-state index contributed by atoms with van der Waals surface area (Å²) in [4.78, 5) is 39.0. The van der Waals surface area contributed by atoms with E-state index < -0.39 is 29.1 Å². The first-order chi connectivity index (χ1) is 17.6. The number of hydrogen-bond acceptors (Lipinski definition) is 7. The number of nitrogens with zero attached hydrogens (tertiary/aromatic N) is 3. The largest absolute Gasteiger partial charge is 0.360 e. The summed E-state index contributed by atoms with van der Waals surface area (Å²) in [7, 11) is 0. The van der Waals surface area contributed by atoms with Gasteiger partial charge in [-0.05, 0) is 32.0 Å². The number of carbonyl (C=O) groups is 2. The monoisotopic (exact) mass is 536 g/mol. The molecule has 1 fully saturated rings. The molecule has 1 saturated heterocycles. The standard InChI is InChI=1S/C24H27F3N6O3S/c1-3-29-21(35)16(12-28)23-33(4-2)22(36)19(37-23)13-30-15-5-6-17(25)18(11-15)31-20(34)14-32-9-7-24(26,27)8-10-32/h5-6,11,13,30H,3-4,7-10,14H2,1-2H3,(H,29,35)(H,31,34). The number of likely N-dealkylation sites (tertiary alicyclic amines) is 1. The fourth-order valence-corrected chi connectivity index (χ4v) is 4.81. The van der Waals surface area contributed by atoms with Gasteiger partial charge in [-0.15, -0.1) is 11.3 Å². The summed E-state index contributed by atoms with van der Waals surface area (Å²) >= 11 is 0.963. The van der Waals surface area contributed by atoms with Crippen molar-refractivity contribution in [3.63, 3.8) is 0 Å². The molecule has 1 aliphatic rings. The molecule has 2 heterocycles. The first-order valence-corrected chi connectivity index (χ1v) is 12.5. The Labute approximate surface area is 214 Å². The summed E-state index contributed by atoms with van der Waals surface area (Å²) in [5.41, 5.74) is -0.329. The maximum atomic E-state index is 14.3. The van der Waals surface area contributed by atoms with Crippen molar-refractivity contribution in [3.8, 4) is 6.07 Å². The van der Waals surface area contributed by atoms with Crippen LogP contribution in [0.3, 0.4) is 0 Å². The highest BCUT2D eigenvalue weighted by Crippen LogP contribution is 2.27. The molecule has 9 nitrogen and oxygen atoms in total. The number of halogens is 3. The lowest BCUT2D eigenvalue weighted by Crippen LogP contribution is -2.43. The SMILES string of the molecule is CCNC(=O)C(C#N)=c1sc(=CNc2ccc(F)c(NC(=O)CN3CCC(F)(F)CC3)c2)c(=O)n1CC. The Kier molecular flexibility index (Phi) is 9.12. The number of nitrogens with one attached hydrogen (secondary N) is 3. The molecule has 1 aromatic carbocycles. The maximum absolute atomic E-state index is 14.3. The molecule has 0 spiro atoms. The van der Waals surface area contributed by atoms with E-state index in [2.05, 4.69) is 16.0 Å². The van der Waals surface area contributed by atoms with Gasteiger partial charge in [-0.2, -0.15) is 5.26 Å². The predicted molar refractivity (Wildman–Crippen MR) is 135 cm³/mol. The zero-order chi connectivity index (χ0) is 27.2. The minimum atomic E-state index is -2.73. The number of anilines is 2. The number of alkyl halides is 2. The summed E-state index contributed by atoms with van der Waals surface area (Å²) in [6.45, 7) is 3.99. The van der Waals surface area contributed by atoms with Crippen LogP contribution in [0.5, 0.6) is 0 Å². The van der Waals surface area contributed by atoms with Crippen molar-refractivity contribution >= 4 is 46.3 Å². The predicted octanol–water partition coefficient (Wildman–Crippen LogP) is 1.40. The number of nitriles is 1. The third kappa shape index (κ3) is 6.99. The molecular weight excluding hydrogens is 509 g/mol. The summed E-state index contributed by atoms with van der Waals surface area (Å²) in [5.74, 6) is -4.53. The molecular formula is C24H27F3N6O3S. The molecule has 0 saturated carbocycles. The van der Waals surface area contributed by atoms with Crippen molar-refractivity contribution in [2.24, 2.45) is 0 Å². The fraction of sp³-hybridized carbons (Fsp3) is 0.417. The first-order valence-electron chi connectivity index (χ1n) is 11.7. The van der Waals surface area contributed by atoms with Gasteiger partial charge >= 0.3 is 0 Å². The van der Waals surface area contributed by atoms with Crippen molar-refractivity contribution < 1.29 is 22.8 Å². The Bertz CT molecular complexity index is 1390. The van der Waals surface area contributed by atoms with E-state index in [1.807, 2.05) is 6.07 Å². The highest BCUT2D eigenvalue weighted by molar-refractivity contribution is 7.07. The van der Waals surface area contributed by atoms with Gasteiger partial charge < -0.3 is 16.0 Å². The normalized spacial score (nSPS) is 16.6. The van der Waals surface area contributed by atoms with E-state index in [4.69, 9.17) is 0 Å². The van der Waals surface area contributed by atoms with Gasteiger partial charge in [-0.1, -0.05) is 0 Å². The number of piperidine rings is 1. The first kappa shape index (κ1) is 27.9. The van der Waals surface area contributed by atoms with E-state index in [1.54, 1.807) is 18.7 Å². The molecule has 37 heavy (non-hydrogen) atoms. The fourth-order valence-electron chi connectivity index (χ4n) is 3.73. The molecule has 3 rings (SSSR count). The average Bonchev–Trinajstić information content (AvgIpc) is 3.16. The Morgan fingerprint density at radius 1 is 1.24 bits per heavy atom. The topological polar surface area (TPSA) is 119 Å². The van der Waals surface area contributed by atoms with Gasteiger partial charge in [-0.3, -0.25) is 23.9 Å². The second-order valence-electron chi connectivity index (χ2n) is 8.33. The number of amides is 2. The lowest BCUT2D eigenvalue weighted by molar-refractivity contribution is -0.119. The van der Waals surface area contributed by atoms with Gasteiger partial charge in [0.25, 0.3) is 17.4 Å². The zero-order valence-electron chi connectivity index (χ0n) is 20.4. The highest BCUT2D eigenvalue weighted by atomic mass is 32.1. The quantitative estimate of drug-likeness (QED) is 0.469. The van der Waals surface area contributed by atoms with Gasteiger partial charge in [0, 0.05) is 50.9 Å². The van der Waals surface area contributed by atoms with E-state index in [0.29, 0.717) is 12.2 Å². The van der Waals surface area contributed by atoms with E-state index in [-0.39, 0.29) is 59.5 Å². The van der Waals surface area contributed by atoms with Crippen molar-refractivity contribution in [3.05, 3.63) is 43.6 Å². The molecule has 198 valence electrons. The molecule has 2 aromatic rings. The molecule has 0 unspecified atom stereocenters. The van der Waals surface area contributed by atoms with E-state index in [0.717, 1.165) is 17.4 Å². The number of thiazole rings is 1. The Hall–Kier alpha value is -3.63. The van der Waals surface area contributed by atoms with Crippen LogP contribution in [0.2, 0.25) is 0 Å². The average molecular weight is 537 g/mol. The van der Waals surface area contributed by atoms with E-state index >= 15 is 0 Å². The molecule has 1 aromatic heterocycles. The van der Waals surface area contributed by atoms with Crippen molar-refractivity contribution in [1.29, 1.82) is 5.26 Å². The molecule has 13 heteroatoms. The van der Waals surface area contributed by atoms with Crippen molar-refractivity contribution in [2.75, 3.05) is 36.8 Å². The zero-order valence-corrected chi connectivity index (χ0v) is 21.2. The minimum absolute atomic E-state index is 0.0720. The third-order valence-electron chi connectivity index (χ3n) is 5.68. The lowest BCUT2D eigenvalue weighted by Gasteiger charge is -2.31. The van der Waals surface area contributed by atoms with Gasteiger partial charge in [0.1, 0.15) is 21.1 Å². The lowest BCUT2D eigenvalue weighted by atomic mass is 10.1. The smallest absolute Gasteiger partial charge is 0.270 e. The van der Waals surface area contributed by atoms with Crippen LogP contribution in [0.4, 0.5) is 24.5 Å². The summed E-state index contributed by atoms with van der Waals surface area (Å²) < 4.78 is 42.7. The third-order valence-corrected chi connectivity index (χ3v) is 6.81. The molecule has 2 amide bonds. The van der Waals surface area contributed by atoms with Crippen LogP contribution in [0, 0.1) is 17.1 Å². The highest BCUT2D eigenvalue weighted by Gasteiger charge is 2.34. The Morgan fingerprint density at radius 3 is 2.57 bits per heavy atom. The number of hydrogen-bond donors (Lipinski definition) is 3. The summed E-state index contributed by atoms with van der Waals surface area (Å²) in [5, 5.41) is 17.4. The maximum Gasteiger partial charge on any atom is 0.270 e. The molecule has 0 aliphatic carbocycles. The van der Waals surface area contributed by atoms with Crippen LogP contribution in [0.25, 0.3) is 11.8 Å². The van der Waals surface area contributed by atoms with Crippen LogP contribution in [0.15, 0.2) is 23.0 Å². The van der Waals surface area contributed by atoms with Gasteiger partial charge in [0.15, 0.2) is 5.57 Å². The number of rotatable bonds is 8. The number of benzene rings is 1. The van der Waals surface area contributed by atoms with E-state index in [1.165, 1.54) is 22.9 Å². The Balaban J connectivity index is 1.80. The number of aromatic nitrogens is 1. The van der Waals surface area contributed by atoms with Crippen molar-refractivity contribution in [1.82, 2.24) is 14.8 Å². The van der Waals surface area contributed by atoms with E-state index in [9.17, 15) is 32.8 Å². The molecule has 0 radical (unpaired) electrons. The summed E-state index contributed by atoms with van der Waals surface area (Å²) in [6, 6.07) is 5.73. The van der Waals surface area contributed by atoms with Gasteiger partial charge in [0.05, 0.1) is 12.2 Å². The van der Waals surface area contributed by atoms with Crippen LogP contribution >= 0.6 is 11.3 Å². The second kappa shape index (κ2) is 12.1. The van der Waals surface area contributed by atoms with Crippen LogP contribution in [-0.2, 0) is 16.1 Å². The van der Waals surface area contributed by atoms with Gasteiger partial charge in [-0.25, -0.2) is 13.2 Å². The molecule has 3 N–H and O–H groups in total. The molecule has 1 aliphatic heterocycles. The molecule has 0 atom stereocenters. The minimum Gasteiger partial charge on any atom is -0.360 e. The summed E-state index contributed by atoms with van der Waals surface area (Å²) in [6.07, 6.45) is 0.720. The Morgan fingerprint density at radius 2 is 1.95 bits per heavy atom. The number of carbonyl (C=O) groups excluding carboxylic acids is 2. The van der Waals surface area contributed by atoms with Crippen LogP contribution in [0.1, 0.15) is 26.7 Å². The van der Waals surface area contributed by atoms with Crippen LogP contribution < -0.4 is 30.7 Å². The second-order valence-corrected chi connectivity index (χ2v) is 9.36. The van der Waals surface area contributed by atoms with Crippen molar-refractivity contribution in [2.45, 2.75) is 39.2 Å². The molecule has 0 bridgehead atoms. The van der Waals surface area contributed by atoms with Crippen LogP contribution in [-0.4, -0.2) is 53.4 Å².